The van der Waals surface area contributed by atoms with Crippen LogP contribution >= 0.6 is 11.6 Å². The highest BCUT2D eigenvalue weighted by molar-refractivity contribution is 6.30. The van der Waals surface area contributed by atoms with Gasteiger partial charge >= 0.3 is 0 Å². The molecule has 20 heavy (non-hydrogen) atoms. The Hall–Kier alpha value is -1.59. The highest BCUT2D eigenvalue weighted by Gasteiger charge is 2.15. The summed E-state index contributed by atoms with van der Waals surface area (Å²) in [6, 6.07) is 5.51. The highest BCUT2D eigenvalue weighted by atomic mass is 35.5. The van der Waals surface area contributed by atoms with Gasteiger partial charge in [0.15, 0.2) is 11.9 Å². The summed E-state index contributed by atoms with van der Waals surface area (Å²) in [7, 11) is 0. The maximum Gasteiger partial charge on any atom is 0.167 e. The number of aryl methyl sites for hydroxylation is 2. The van der Waals surface area contributed by atoms with E-state index in [1.165, 1.54) is 6.33 Å². The van der Waals surface area contributed by atoms with Gasteiger partial charge in [0.2, 0.25) is 0 Å². The number of nitrogens with zero attached hydrogens (tertiary/aromatic N) is 3. The largest absolute Gasteiger partial charge is 0.482 e. The van der Waals surface area contributed by atoms with Crippen molar-refractivity contribution in [3.8, 4) is 5.75 Å². The molecular weight excluding hydrogens is 278 g/mol. The van der Waals surface area contributed by atoms with Crippen LogP contribution < -0.4 is 4.74 Å². The molecule has 0 bridgehead atoms. The molecule has 108 valence electrons. The lowest BCUT2D eigenvalue weighted by molar-refractivity contribution is 0.204. The van der Waals surface area contributed by atoms with Crippen molar-refractivity contribution in [3.63, 3.8) is 0 Å². The van der Waals surface area contributed by atoms with Gasteiger partial charge in [-0.25, -0.2) is 9.67 Å². The number of benzene rings is 1. The maximum atomic E-state index is 8.89. The van der Waals surface area contributed by atoms with Gasteiger partial charge in [-0.05, 0) is 44.0 Å². The van der Waals surface area contributed by atoms with E-state index < -0.39 is 0 Å². The van der Waals surface area contributed by atoms with Crippen LogP contribution in [0.2, 0.25) is 5.02 Å². The average molecular weight is 296 g/mol. The van der Waals surface area contributed by atoms with E-state index in [-0.39, 0.29) is 12.7 Å². The molecular formula is C14H18ClN3O2. The fraction of sp³-hybridized carbons (Fsp3) is 0.429. The zero-order chi connectivity index (χ0) is 14.5. The Labute approximate surface area is 123 Å². The lowest BCUT2D eigenvalue weighted by atomic mass is 10.2. The van der Waals surface area contributed by atoms with Gasteiger partial charge in [-0.3, -0.25) is 0 Å². The standard InChI is InChI=1S/C14H18ClN3O2/c1-10-8-12(15)4-5-13(10)20-11(2)14-16-9-17-18(14)6-3-7-19/h4-5,8-9,11,19H,3,6-7H2,1-2H3/t11-/m0/s1. The second kappa shape index (κ2) is 6.72. The first-order valence-electron chi connectivity index (χ1n) is 6.53. The van der Waals surface area contributed by atoms with Gasteiger partial charge in [-0.2, -0.15) is 5.10 Å². The molecule has 0 aliphatic rings. The van der Waals surface area contributed by atoms with E-state index in [1.807, 2.05) is 26.0 Å². The first-order chi connectivity index (χ1) is 9.61. The number of ether oxygens (including phenoxy) is 1. The molecule has 2 rings (SSSR count). The molecule has 1 aromatic heterocycles. The van der Waals surface area contributed by atoms with Gasteiger partial charge in [0.1, 0.15) is 12.1 Å². The smallest absolute Gasteiger partial charge is 0.167 e. The molecule has 0 aliphatic carbocycles. The highest BCUT2D eigenvalue weighted by Crippen LogP contribution is 2.26. The lowest BCUT2D eigenvalue weighted by Crippen LogP contribution is -2.14. The molecule has 2 aromatic rings. The van der Waals surface area contributed by atoms with Crippen molar-refractivity contribution in [3.05, 3.63) is 40.9 Å². The normalized spacial score (nSPS) is 12.4. The molecule has 5 nitrogen and oxygen atoms in total. The van der Waals surface area contributed by atoms with Crippen LogP contribution in [0.15, 0.2) is 24.5 Å². The van der Waals surface area contributed by atoms with Crippen LogP contribution in [0.25, 0.3) is 0 Å². The summed E-state index contributed by atoms with van der Waals surface area (Å²) in [6.45, 7) is 4.63. The van der Waals surface area contributed by atoms with Crippen LogP contribution in [-0.4, -0.2) is 26.5 Å². The van der Waals surface area contributed by atoms with E-state index in [1.54, 1.807) is 10.7 Å². The molecule has 0 saturated carbocycles. The van der Waals surface area contributed by atoms with Crippen molar-refractivity contribution in [1.82, 2.24) is 14.8 Å². The number of hydrogen-bond acceptors (Lipinski definition) is 4. The fourth-order valence-corrected chi connectivity index (χ4v) is 2.20. The van der Waals surface area contributed by atoms with Gasteiger partial charge in [0, 0.05) is 18.2 Å². The Morgan fingerprint density at radius 3 is 2.95 bits per heavy atom. The molecule has 0 unspecified atom stereocenters. The van der Waals surface area contributed by atoms with Crippen LogP contribution in [0.1, 0.15) is 30.8 Å². The first kappa shape index (κ1) is 14.8. The van der Waals surface area contributed by atoms with Crippen molar-refractivity contribution in [2.75, 3.05) is 6.61 Å². The van der Waals surface area contributed by atoms with Crippen molar-refractivity contribution in [2.24, 2.45) is 0 Å². The summed E-state index contributed by atoms with van der Waals surface area (Å²) in [4.78, 5) is 4.23. The summed E-state index contributed by atoms with van der Waals surface area (Å²) >= 11 is 5.93. The predicted octanol–water partition coefficient (Wildman–Crippen LogP) is 2.76. The van der Waals surface area contributed by atoms with E-state index in [9.17, 15) is 0 Å². The van der Waals surface area contributed by atoms with E-state index in [0.29, 0.717) is 18.0 Å². The van der Waals surface area contributed by atoms with E-state index in [2.05, 4.69) is 10.1 Å². The van der Waals surface area contributed by atoms with Crippen LogP contribution in [0.3, 0.4) is 0 Å². The average Bonchev–Trinajstić information content (AvgIpc) is 2.88. The minimum Gasteiger partial charge on any atom is -0.482 e. The third kappa shape index (κ3) is 3.49. The zero-order valence-corrected chi connectivity index (χ0v) is 12.3. The van der Waals surface area contributed by atoms with Gasteiger partial charge in [0.05, 0.1) is 0 Å². The number of aliphatic hydroxyl groups excluding tert-OH is 1. The Morgan fingerprint density at radius 1 is 1.45 bits per heavy atom. The summed E-state index contributed by atoms with van der Waals surface area (Å²) in [5, 5.41) is 13.7. The monoisotopic (exact) mass is 295 g/mol. The van der Waals surface area contributed by atoms with Crippen LogP contribution in [0, 0.1) is 6.92 Å². The molecule has 1 N–H and O–H groups in total. The summed E-state index contributed by atoms with van der Waals surface area (Å²) in [5.74, 6) is 1.52. The van der Waals surface area contributed by atoms with Crippen molar-refractivity contribution in [2.45, 2.75) is 32.9 Å². The fourth-order valence-electron chi connectivity index (χ4n) is 1.97. The predicted molar refractivity (Wildman–Crippen MR) is 77.0 cm³/mol. The van der Waals surface area contributed by atoms with Crippen molar-refractivity contribution >= 4 is 11.6 Å². The van der Waals surface area contributed by atoms with Gasteiger partial charge < -0.3 is 9.84 Å². The zero-order valence-electron chi connectivity index (χ0n) is 11.6. The first-order valence-corrected chi connectivity index (χ1v) is 6.91. The van der Waals surface area contributed by atoms with Crippen LogP contribution in [-0.2, 0) is 6.54 Å². The summed E-state index contributed by atoms with van der Waals surface area (Å²) in [6.07, 6.45) is 1.92. The Morgan fingerprint density at radius 2 is 2.25 bits per heavy atom. The molecule has 1 atom stereocenters. The second-order valence-corrected chi connectivity index (χ2v) is 5.02. The molecule has 0 saturated heterocycles. The third-order valence-corrected chi connectivity index (χ3v) is 3.21. The van der Waals surface area contributed by atoms with Crippen LogP contribution in [0.4, 0.5) is 0 Å². The van der Waals surface area contributed by atoms with E-state index in [0.717, 1.165) is 17.1 Å². The Kier molecular flexibility index (Phi) is 4.98. The van der Waals surface area contributed by atoms with E-state index >= 15 is 0 Å². The maximum absolute atomic E-state index is 8.89. The molecule has 0 fully saturated rings. The van der Waals surface area contributed by atoms with Crippen molar-refractivity contribution in [1.29, 1.82) is 0 Å². The number of halogens is 1. The topological polar surface area (TPSA) is 60.2 Å². The molecule has 0 radical (unpaired) electrons. The number of rotatable bonds is 6. The van der Waals surface area contributed by atoms with Gasteiger partial charge in [-0.15, -0.1) is 0 Å². The van der Waals surface area contributed by atoms with Crippen molar-refractivity contribution < 1.29 is 9.84 Å². The minimum absolute atomic E-state index is 0.130. The molecule has 0 aliphatic heterocycles. The second-order valence-electron chi connectivity index (χ2n) is 4.59. The van der Waals surface area contributed by atoms with Gasteiger partial charge in [-0.1, -0.05) is 11.6 Å². The SMILES string of the molecule is Cc1cc(Cl)ccc1O[C@@H](C)c1ncnn1CCCO. The lowest BCUT2D eigenvalue weighted by Gasteiger charge is -2.16. The molecule has 1 heterocycles. The molecule has 0 spiro atoms. The molecule has 6 heteroatoms. The Bertz CT molecular complexity index is 571. The summed E-state index contributed by atoms with van der Waals surface area (Å²) < 4.78 is 7.68. The summed E-state index contributed by atoms with van der Waals surface area (Å²) in [5.41, 5.74) is 0.978. The third-order valence-electron chi connectivity index (χ3n) is 2.98. The molecule has 0 amide bonds. The Balaban J connectivity index is 2.11. The molecule has 1 aromatic carbocycles. The quantitative estimate of drug-likeness (QED) is 0.890. The van der Waals surface area contributed by atoms with Crippen LogP contribution in [0.5, 0.6) is 5.75 Å². The van der Waals surface area contributed by atoms with Gasteiger partial charge in [0.25, 0.3) is 0 Å². The van der Waals surface area contributed by atoms with E-state index in [4.69, 9.17) is 21.4 Å². The number of aliphatic hydroxyl groups is 1. The number of aromatic nitrogens is 3. The minimum atomic E-state index is -0.226. The number of hydrogen-bond donors (Lipinski definition) is 1.